The van der Waals surface area contributed by atoms with Crippen molar-refractivity contribution in [1.29, 1.82) is 0 Å². The van der Waals surface area contributed by atoms with Gasteiger partial charge in [-0.05, 0) is 12.1 Å². The zero-order chi connectivity index (χ0) is 11.1. The summed E-state index contributed by atoms with van der Waals surface area (Å²) in [7, 11) is 0. The number of nitrogens with zero attached hydrogens (tertiary/aromatic N) is 1. The molecule has 0 atom stereocenters. The summed E-state index contributed by atoms with van der Waals surface area (Å²) in [6.45, 7) is 0. The Morgan fingerprint density at radius 2 is 2.00 bits per heavy atom. The van der Waals surface area contributed by atoms with Gasteiger partial charge in [-0.1, -0.05) is 0 Å². The first-order chi connectivity index (χ1) is 6.94. The number of anilines is 1. The maximum atomic E-state index is 11.9. The minimum Gasteiger partial charge on any atom is -0.406 e. The molecule has 0 aliphatic carbocycles. The molecule has 0 unspecified atom stereocenters. The second-order valence-electron chi connectivity index (χ2n) is 2.85. The van der Waals surface area contributed by atoms with Crippen LogP contribution in [0.3, 0.4) is 0 Å². The van der Waals surface area contributed by atoms with Crippen molar-refractivity contribution in [3.8, 4) is 5.75 Å². The van der Waals surface area contributed by atoms with Crippen LogP contribution in [0.4, 0.5) is 19.1 Å². The number of nitrogens with two attached hydrogens (primary N) is 1. The molecular weight excluding hydrogens is 291 g/mol. The van der Waals surface area contributed by atoms with E-state index >= 15 is 0 Å². The molecule has 0 fully saturated rings. The van der Waals surface area contributed by atoms with Crippen molar-refractivity contribution < 1.29 is 17.9 Å². The smallest absolute Gasteiger partial charge is 0.406 e. The summed E-state index contributed by atoms with van der Waals surface area (Å²) in [5.41, 5.74) is 6.22. The summed E-state index contributed by atoms with van der Waals surface area (Å²) >= 11 is 0. The van der Waals surface area contributed by atoms with Crippen LogP contribution in [0.25, 0.3) is 11.0 Å². The predicted molar refractivity (Wildman–Crippen MR) is 57.5 cm³/mol. The monoisotopic (exact) mass is 297 g/mol. The molecule has 1 aromatic heterocycles. The minimum atomic E-state index is -4.70. The molecule has 16 heavy (non-hydrogen) atoms. The second-order valence-corrected chi connectivity index (χ2v) is 2.85. The topological polar surface area (TPSA) is 63.9 Å². The maximum Gasteiger partial charge on any atom is 0.573 e. The van der Waals surface area contributed by atoms with Crippen LogP contribution in [0.15, 0.2) is 18.2 Å². The van der Waals surface area contributed by atoms with Gasteiger partial charge in [-0.3, -0.25) is 0 Å². The average molecular weight is 298 g/mol. The number of H-pyrrole nitrogens is 1. The van der Waals surface area contributed by atoms with Crippen LogP contribution in [-0.4, -0.2) is 16.3 Å². The van der Waals surface area contributed by atoms with Crippen molar-refractivity contribution in [2.45, 2.75) is 6.36 Å². The number of ether oxygens (including phenoxy) is 1. The van der Waals surface area contributed by atoms with Crippen LogP contribution < -0.4 is 10.5 Å². The van der Waals surface area contributed by atoms with Gasteiger partial charge in [0.1, 0.15) is 5.75 Å². The highest BCUT2D eigenvalue weighted by Crippen LogP contribution is 2.25. The highest BCUT2D eigenvalue weighted by atomic mass is 79.9. The van der Waals surface area contributed by atoms with Gasteiger partial charge in [0.2, 0.25) is 0 Å². The van der Waals surface area contributed by atoms with Gasteiger partial charge in [-0.15, -0.1) is 30.2 Å². The van der Waals surface area contributed by atoms with Gasteiger partial charge in [0.25, 0.3) is 0 Å². The zero-order valence-electron chi connectivity index (χ0n) is 7.71. The van der Waals surface area contributed by atoms with E-state index in [0.717, 1.165) is 0 Å². The van der Waals surface area contributed by atoms with Crippen LogP contribution >= 0.6 is 17.0 Å². The van der Waals surface area contributed by atoms with E-state index in [-0.39, 0.29) is 28.7 Å². The van der Waals surface area contributed by atoms with Gasteiger partial charge in [0.05, 0.1) is 11.0 Å². The fourth-order valence-corrected chi connectivity index (χ4v) is 1.21. The first kappa shape index (κ1) is 12.6. The number of aromatic nitrogens is 2. The Morgan fingerprint density at radius 1 is 1.31 bits per heavy atom. The Hall–Kier alpha value is -1.44. The quantitative estimate of drug-likeness (QED) is 0.850. The summed E-state index contributed by atoms with van der Waals surface area (Å²) in [6.07, 6.45) is -4.70. The van der Waals surface area contributed by atoms with Crippen LogP contribution in [0.5, 0.6) is 5.75 Å². The van der Waals surface area contributed by atoms with Gasteiger partial charge in [0, 0.05) is 6.07 Å². The van der Waals surface area contributed by atoms with Gasteiger partial charge >= 0.3 is 6.36 Å². The van der Waals surface area contributed by atoms with Crippen molar-refractivity contribution in [2.75, 3.05) is 5.73 Å². The maximum absolute atomic E-state index is 11.9. The van der Waals surface area contributed by atoms with Crippen LogP contribution in [0, 0.1) is 0 Å². The van der Waals surface area contributed by atoms with Crippen molar-refractivity contribution in [1.82, 2.24) is 9.97 Å². The third-order valence-electron chi connectivity index (χ3n) is 1.71. The molecule has 0 saturated carbocycles. The SMILES string of the molecule is Br.Nc1nc2ccc(OC(F)(F)F)cc2[nH]1. The fraction of sp³-hybridized carbons (Fsp3) is 0.125. The zero-order valence-corrected chi connectivity index (χ0v) is 9.42. The predicted octanol–water partition coefficient (Wildman–Crippen LogP) is 2.62. The molecule has 1 heterocycles. The minimum absolute atomic E-state index is 0. The Labute approximate surface area is 98.4 Å². The van der Waals surface area contributed by atoms with Crippen LogP contribution in [0.1, 0.15) is 0 Å². The van der Waals surface area contributed by atoms with E-state index in [1.807, 2.05) is 0 Å². The molecule has 0 spiro atoms. The lowest BCUT2D eigenvalue weighted by molar-refractivity contribution is -0.274. The number of hydrogen-bond donors (Lipinski definition) is 2. The highest BCUT2D eigenvalue weighted by Gasteiger charge is 2.31. The summed E-state index contributed by atoms with van der Waals surface area (Å²) in [5.74, 6) is -0.159. The number of hydrogen-bond acceptors (Lipinski definition) is 3. The molecule has 8 heteroatoms. The van der Waals surface area contributed by atoms with E-state index in [1.165, 1.54) is 18.2 Å². The Bertz CT molecular complexity index is 497. The number of imidazole rings is 1. The number of fused-ring (bicyclic) bond motifs is 1. The van der Waals surface area contributed by atoms with Crippen molar-refractivity contribution in [3.05, 3.63) is 18.2 Å². The van der Waals surface area contributed by atoms with Gasteiger partial charge in [-0.2, -0.15) is 0 Å². The fourth-order valence-electron chi connectivity index (χ4n) is 1.21. The standard InChI is InChI=1S/C8H6F3N3O.BrH/c9-8(10,11)15-4-1-2-5-6(3-4)14-7(12)13-5;/h1-3H,(H3,12,13,14);1H. The lowest BCUT2D eigenvalue weighted by Gasteiger charge is -2.07. The summed E-state index contributed by atoms with van der Waals surface area (Å²) < 4.78 is 39.4. The number of benzene rings is 1. The van der Waals surface area contributed by atoms with Crippen molar-refractivity contribution >= 4 is 34.0 Å². The molecule has 0 bridgehead atoms. The molecule has 1 aromatic carbocycles. The number of alkyl halides is 3. The molecular formula is C8H7BrF3N3O. The third kappa shape index (κ3) is 2.78. The number of rotatable bonds is 1. The molecule has 0 aliphatic rings. The van der Waals surface area contributed by atoms with Crippen LogP contribution in [0.2, 0.25) is 0 Å². The first-order valence-corrected chi connectivity index (χ1v) is 3.95. The lowest BCUT2D eigenvalue weighted by atomic mass is 10.3. The van der Waals surface area contributed by atoms with E-state index in [0.29, 0.717) is 11.0 Å². The van der Waals surface area contributed by atoms with Gasteiger partial charge < -0.3 is 15.5 Å². The van der Waals surface area contributed by atoms with E-state index in [1.54, 1.807) is 0 Å². The Kier molecular flexibility index (Phi) is 3.32. The summed E-state index contributed by atoms with van der Waals surface area (Å²) in [4.78, 5) is 6.44. The van der Waals surface area contributed by atoms with Crippen molar-refractivity contribution in [3.63, 3.8) is 0 Å². The Balaban J connectivity index is 0.00000128. The molecule has 3 N–H and O–H groups in total. The normalized spacial score (nSPS) is 11.2. The molecule has 2 aromatic rings. The number of halogens is 4. The van der Waals surface area contributed by atoms with Gasteiger partial charge in [-0.25, -0.2) is 4.98 Å². The highest BCUT2D eigenvalue weighted by molar-refractivity contribution is 8.93. The third-order valence-corrected chi connectivity index (χ3v) is 1.71. The van der Waals surface area contributed by atoms with E-state index in [4.69, 9.17) is 5.73 Å². The number of aromatic amines is 1. The van der Waals surface area contributed by atoms with Crippen LogP contribution in [-0.2, 0) is 0 Å². The molecule has 2 rings (SSSR count). The van der Waals surface area contributed by atoms with Crippen molar-refractivity contribution in [2.24, 2.45) is 0 Å². The molecule has 88 valence electrons. The first-order valence-electron chi connectivity index (χ1n) is 3.95. The molecule has 0 aliphatic heterocycles. The summed E-state index contributed by atoms with van der Waals surface area (Å²) in [6, 6.07) is 3.76. The van der Waals surface area contributed by atoms with E-state index in [2.05, 4.69) is 14.7 Å². The molecule has 4 nitrogen and oxygen atoms in total. The van der Waals surface area contributed by atoms with E-state index in [9.17, 15) is 13.2 Å². The average Bonchev–Trinajstić information content (AvgIpc) is 2.40. The number of nitrogens with one attached hydrogen (secondary N) is 1. The van der Waals surface area contributed by atoms with Gasteiger partial charge in [0.15, 0.2) is 5.95 Å². The molecule has 0 amide bonds. The largest absolute Gasteiger partial charge is 0.573 e. The Morgan fingerprint density at radius 3 is 2.62 bits per heavy atom. The number of nitrogen functional groups attached to an aromatic ring is 1. The molecule has 0 radical (unpaired) electrons. The lowest BCUT2D eigenvalue weighted by Crippen LogP contribution is -2.16. The molecule has 0 saturated heterocycles. The second kappa shape index (κ2) is 4.20. The van der Waals surface area contributed by atoms with E-state index < -0.39 is 6.36 Å². The summed E-state index contributed by atoms with van der Waals surface area (Å²) in [5, 5.41) is 0.